The summed E-state index contributed by atoms with van der Waals surface area (Å²) in [5, 5.41) is 0.751. The van der Waals surface area contributed by atoms with Crippen LogP contribution in [0.5, 0.6) is 17.2 Å². The molecule has 29 heavy (non-hydrogen) atoms. The number of anilines is 1. The number of nitrogens with one attached hydrogen (secondary N) is 1. The van der Waals surface area contributed by atoms with Gasteiger partial charge in [-0.3, -0.25) is 9.69 Å². The van der Waals surface area contributed by atoms with E-state index in [1.165, 1.54) is 0 Å². The Morgan fingerprint density at radius 1 is 1.03 bits per heavy atom. The molecule has 0 unspecified atom stereocenters. The monoisotopic (exact) mass is 392 g/mol. The minimum absolute atomic E-state index is 0.143. The fourth-order valence-corrected chi connectivity index (χ4v) is 3.99. The number of nitrogens with zero attached hydrogens (tertiary/aromatic N) is 3. The van der Waals surface area contributed by atoms with Crippen LogP contribution < -0.4 is 19.1 Å². The minimum atomic E-state index is -0.143. The molecule has 3 heterocycles. The van der Waals surface area contributed by atoms with E-state index >= 15 is 0 Å². The van der Waals surface area contributed by atoms with E-state index in [4.69, 9.17) is 14.2 Å². The average Bonchev–Trinajstić information content (AvgIpc) is 3.44. The maximum absolute atomic E-state index is 13.3. The summed E-state index contributed by atoms with van der Waals surface area (Å²) >= 11 is 0. The van der Waals surface area contributed by atoms with Crippen molar-refractivity contribution in [2.45, 2.75) is 6.54 Å². The van der Waals surface area contributed by atoms with Gasteiger partial charge in [-0.05, 0) is 18.2 Å². The maximum Gasteiger partial charge on any atom is 0.277 e. The molecular weight excluding hydrogens is 372 g/mol. The van der Waals surface area contributed by atoms with Gasteiger partial charge in [0.2, 0.25) is 11.7 Å². The highest BCUT2D eigenvalue weighted by atomic mass is 16.5. The number of carbonyl (C=O) groups is 1. The number of methoxy groups -OCH3 is 3. The van der Waals surface area contributed by atoms with Gasteiger partial charge >= 0.3 is 0 Å². The predicted octanol–water partition coefficient (Wildman–Crippen LogP) is 3.20. The lowest BCUT2D eigenvalue weighted by atomic mass is 10.2. The highest BCUT2D eigenvalue weighted by Gasteiger charge is 2.30. The first kappa shape index (κ1) is 17.4. The molecule has 0 saturated carbocycles. The molecule has 0 spiro atoms. The molecule has 1 aliphatic heterocycles. The number of aromatic amines is 1. The van der Waals surface area contributed by atoms with Crippen LogP contribution in [-0.4, -0.2) is 48.3 Å². The third-order valence-electron chi connectivity index (χ3n) is 5.33. The van der Waals surface area contributed by atoms with Crippen molar-refractivity contribution in [2.75, 3.05) is 32.8 Å². The van der Waals surface area contributed by atoms with Gasteiger partial charge in [0, 0.05) is 24.5 Å². The summed E-state index contributed by atoms with van der Waals surface area (Å²) in [7, 11) is 4.68. The van der Waals surface area contributed by atoms with Crippen molar-refractivity contribution in [1.82, 2.24) is 14.5 Å². The fourth-order valence-electron chi connectivity index (χ4n) is 3.99. The van der Waals surface area contributed by atoms with E-state index < -0.39 is 0 Å². The van der Waals surface area contributed by atoms with Crippen molar-refractivity contribution in [1.29, 1.82) is 0 Å². The lowest BCUT2D eigenvalue weighted by molar-refractivity contribution is 0.0985. The van der Waals surface area contributed by atoms with Crippen LogP contribution in [0.25, 0.3) is 21.9 Å². The van der Waals surface area contributed by atoms with E-state index in [0.29, 0.717) is 42.0 Å². The normalized spacial score (nSPS) is 13.1. The Kier molecular flexibility index (Phi) is 3.87. The standard InChI is InChI=1S/C21H20N4O4/c1-27-17-11-14-12(18(28-2)19(17)29-3)10-15(22-14)20(26)25-9-8-24-16-7-5-4-6-13(16)23-21(24)25/h4-7,10-11,22H,8-9H2,1-3H3. The molecule has 1 N–H and O–H groups in total. The van der Waals surface area contributed by atoms with Crippen LogP contribution in [0.4, 0.5) is 5.95 Å². The lowest BCUT2D eigenvalue weighted by Gasteiger charge is -2.12. The van der Waals surface area contributed by atoms with Crippen LogP contribution in [0.15, 0.2) is 36.4 Å². The smallest absolute Gasteiger partial charge is 0.277 e. The molecular formula is C21H20N4O4. The Balaban J connectivity index is 1.59. The van der Waals surface area contributed by atoms with E-state index in [9.17, 15) is 4.79 Å². The molecule has 4 aromatic rings. The molecule has 0 atom stereocenters. The number of ether oxygens (including phenoxy) is 3. The summed E-state index contributed by atoms with van der Waals surface area (Å²) in [5.41, 5.74) is 3.10. The molecule has 0 bridgehead atoms. The zero-order valence-corrected chi connectivity index (χ0v) is 16.4. The van der Waals surface area contributed by atoms with E-state index in [0.717, 1.165) is 21.9 Å². The summed E-state index contributed by atoms with van der Waals surface area (Å²) in [4.78, 5) is 22.8. The van der Waals surface area contributed by atoms with E-state index in [2.05, 4.69) is 14.5 Å². The van der Waals surface area contributed by atoms with Gasteiger partial charge in [0.15, 0.2) is 11.5 Å². The molecule has 148 valence electrons. The van der Waals surface area contributed by atoms with Crippen LogP contribution in [0.3, 0.4) is 0 Å². The van der Waals surface area contributed by atoms with Crippen LogP contribution in [0.2, 0.25) is 0 Å². The number of carbonyl (C=O) groups excluding carboxylic acids is 1. The predicted molar refractivity (Wildman–Crippen MR) is 109 cm³/mol. The number of hydrogen-bond acceptors (Lipinski definition) is 5. The maximum atomic E-state index is 13.3. The van der Waals surface area contributed by atoms with Crippen molar-refractivity contribution in [3.8, 4) is 17.2 Å². The number of aromatic nitrogens is 3. The fraction of sp³-hybridized carbons (Fsp3) is 0.238. The van der Waals surface area contributed by atoms with Crippen LogP contribution >= 0.6 is 0 Å². The van der Waals surface area contributed by atoms with Gasteiger partial charge in [-0.25, -0.2) is 4.98 Å². The molecule has 8 nitrogen and oxygen atoms in total. The third kappa shape index (κ3) is 2.45. The second-order valence-electron chi connectivity index (χ2n) is 6.80. The van der Waals surface area contributed by atoms with Crippen molar-refractivity contribution in [2.24, 2.45) is 0 Å². The van der Waals surface area contributed by atoms with Gasteiger partial charge in [0.05, 0.1) is 37.9 Å². The first-order chi connectivity index (χ1) is 14.2. The topological polar surface area (TPSA) is 81.6 Å². The van der Waals surface area contributed by atoms with Crippen molar-refractivity contribution < 1.29 is 19.0 Å². The summed E-state index contributed by atoms with van der Waals surface area (Å²) < 4.78 is 18.5. The first-order valence-corrected chi connectivity index (χ1v) is 9.25. The summed E-state index contributed by atoms with van der Waals surface area (Å²) in [5.74, 6) is 2.06. The molecule has 8 heteroatoms. The molecule has 0 fully saturated rings. The quantitative estimate of drug-likeness (QED) is 0.577. The molecule has 1 aliphatic rings. The SMILES string of the molecule is COc1cc2[nH]c(C(=O)N3CCn4c3nc3ccccc34)cc2c(OC)c1OC. The van der Waals surface area contributed by atoms with Crippen LogP contribution in [0, 0.1) is 0 Å². The van der Waals surface area contributed by atoms with Gasteiger partial charge in [0.25, 0.3) is 5.91 Å². The van der Waals surface area contributed by atoms with Gasteiger partial charge in [-0.15, -0.1) is 0 Å². The van der Waals surface area contributed by atoms with Gasteiger partial charge < -0.3 is 23.8 Å². The second-order valence-corrected chi connectivity index (χ2v) is 6.80. The zero-order chi connectivity index (χ0) is 20.1. The molecule has 5 rings (SSSR count). The Morgan fingerprint density at radius 3 is 2.59 bits per heavy atom. The Labute approximate surface area is 166 Å². The van der Waals surface area contributed by atoms with Crippen LogP contribution in [-0.2, 0) is 6.54 Å². The van der Waals surface area contributed by atoms with Crippen molar-refractivity contribution >= 4 is 33.8 Å². The highest BCUT2D eigenvalue weighted by Crippen LogP contribution is 2.43. The number of benzene rings is 2. The zero-order valence-electron chi connectivity index (χ0n) is 16.4. The van der Waals surface area contributed by atoms with Crippen LogP contribution in [0.1, 0.15) is 10.5 Å². The van der Waals surface area contributed by atoms with Gasteiger partial charge in [-0.2, -0.15) is 0 Å². The lowest BCUT2D eigenvalue weighted by Crippen LogP contribution is -2.29. The highest BCUT2D eigenvalue weighted by molar-refractivity contribution is 6.09. The number of H-pyrrole nitrogens is 1. The van der Waals surface area contributed by atoms with E-state index in [1.807, 2.05) is 24.3 Å². The van der Waals surface area contributed by atoms with Crippen molar-refractivity contribution in [3.05, 3.63) is 42.1 Å². The third-order valence-corrected chi connectivity index (χ3v) is 5.33. The summed E-state index contributed by atoms with van der Waals surface area (Å²) in [6.45, 7) is 1.29. The Bertz CT molecular complexity index is 1260. The number of rotatable bonds is 4. The molecule has 0 aliphatic carbocycles. The second kappa shape index (κ2) is 6.44. The van der Waals surface area contributed by atoms with E-state index in [-0.39, 0.29) is 5.91 Å². The summed E-state index contributed by atoms with van der Waals surface area (Å²) in [6.07, 6.45) is 0. The Hall–Kier alpha value is -3.68. The summed E-state index contributed by atoms with van der Waals surface area (Å²) in [6, 6.07) is 11.5. The molecule has 1 amide bonds. The molecule has 2 aromatic heterocycles. The Morgan fingerprint density at radius 2 is 1.83 bits per heavy atom. The number of hydrogen-bond donors (Lipinski definition) is 1. The number of amides is 1. The largest absolute Gasteiger partial charge is 0.493 e. The molecule has 2 aromatic carbocycles. The van der Waals surface area contributed by atoms with Crippen molar-refractivity contribution in [3.63, 3.8) is 0 Å². The number of para-hydroxylation sites is 2. The number of fused-ring (bicyclic) bond motifs is 4. The van der Waals surface area contributed by atoms with Gasteiger partial charge in [-0.1, -0.05) is 12.1 Å². The minimum Gasteiger partial charge on any atom is -0.493 e. The van der Waals surface area contributed by atoms with Gasteiger partial charge in [0.1, 0.15) is 5.69 Å². The molecule has 0 saturated heterocycles. The average molecular weight is 392 g/mol. The molecule has 0 radical (unpaired) electrons. The number of imidazole rings is 1. The first-order valence-electron chi connectivity index (χ1n) is 9.25. The van der Waals surface area contributed by atoms with E-state index in [1.54, 1.807) is 38.4 Å².